The van der Waals surface area contributed by atoms with E-state index in [0.29, 0.717) is 5.56 Å². The monoisotopic (exact) mass is 332 g/mol. The molecule has 102 valence electrons. The molecular weight excluding hydrogens is 322 g/mol. The molecule has 19 heavy (non-hydrogen) atoms. The summed E-state index contributed by atoms with van der Waals surface area (Å²) in [4.78, 5) is 15.2. The molecule has 4 nitrogen and oxygen atoms in total. The minimum absolute atomic E-state index is 0.138. The lowest BCUT2D eigenvalue weighted by Crippen LogP contribution is -2.12. The van der Waals surface area contributed by atoms with Crippen molar-refractivity contribution in [1.82, 2.24) is 4.98 Å². The minimum atomic E-state index is -2.78. The van der Waals surface area contributed by atoms with Gasteiger partial charge in [0.05, 0.1) is 29.8 Å². The van der Waals surface area contributed by atoms with Crippen LogP contribution in [0.25, 0.3) is 0 Å². The zero-order valence-corrected chi connectivity index (χ0v) is 11.7. The van der Waals surface area contributed by atoms with Crippen LogP contribution in [-0.2, 0) is 21.3 Å². The highest BCUT2D eigenvalue weighted by atomic mass is 79.9. The average molecular weight is 333 g/mol. The van der Waals surface area contributed by atoms with Gasteiger partial charge in [-0.25, -0.2) is 8.78 Å². The first kappa shape index (κ1) is 15.5. The van der Waals surface area contributed by atoms with Crippen LogP contribution in [0.1, 0.15) is 35.7 Å². The van der Waals surface area contributed by atoms with E-state index in [2.05, 4.69) is 20.9 Å². The third-order valence-electron chi connectivity index (χ3n) is 2.40. The molecule has 0 fully saturated rings. The van der Waals surface area contributed by atoms with Gasteiger partial charge in [-0.15, -0.1) is 0 Å². The number of hydrogen-bond donors (Lipinski definition) is 0. The first-order valence-corrected chi connectivity index (χ1v) is 6.57. The van der Waals surface area contributed by atoms with Gasteiger partial charge in [0.15, 0.2) is 0 Å². The lowest BCUT2D eigenvalue weighted by molar-refractivity contribution is -0.142. The van der Waals surface area contributed by atoms with Crippen molar-refractivity contribution in [2.75, 3.05) is 6.61 Å². The fourth-order valence-corrected chi connectivity index (χ4v) is 2.15. The second kappa shape index (κ2) is 7.14. The number of nitrogens with zero attached hydrogens (tertiary/aromatic N) is 2. The van der Waals surface area contributed by atoms with Crippen molar-refractivity contribution in [2.45, 2.75) is 25.1 Å². The lowest BCUT2D eigenvalue weighted by Gasteiger charge is -2.11. The summed E-state index contributed by atoms with van der Waals surface area (Å²) >= 11 is 3.12. The van der Waals surface area contributed by atoms with Crippen LogP contribution < -0.4 is 0 Å². The zero-order chi connectivity index (χ0) is 14.4. The molecule has 7 heteroatoms. The number of alkyl halides is 3. The fraction of sp³-hybridized carbons (Fsp3) is 0.417. The van der Waals surface area contributed by atoms with E-state index in [0.717, 1.165) is 6.20 Å². The summed E-state index contributed by atoms with van der Waals surface area (Å²) in [5.74, 6) is -0.508. The van der Waals surface area contributed by atoms with Crippen molar-refractivity contribution in [3.8, 4) is 6.07 Å². The topological polar surface area (TPSA) is 63.0 Å². The third kappa shape index (κ3) is 3.70. The van der Waals surface area contributed by atoms with Gasteiger partial charge in [0.2, 0.25) is 0 Å². The Morgan fingerprint density at radius 1 is 1.63 bits per heavy atom. The molecular formula is C12H11BrF2N2O2. The Kier molecular flexibility index (Phi) is 5.83. The van der Waals surface area contributed by atoms with Gasteiger partial charge in [-0.3, -0.25) is 9.78 Å². The Morgan fingerprint density at radius 3 is 2.79 bits per heavy atom. The van der Waals surface area contributed by atoms with Crippen LogP contribution in [-0.4, -0.2) is 17.6 Å². The second-order valence-electron chi connectivity index (χ2n) is 3.54. The number of halogens is 3. The molecule has 0 aromatic carbocycles. The van der Waals surface area contributed by atoms with Gasteiger partial charge in [-0.1, -0.05) is 15.9 Å². The van der Waals surface area contributed by atoms with Crippen LogP contribution in [0, 0.1) is 11.3 Å². The average Bonchev–Trinajstić information content (AvgIpc) is 2.37. The van der Waals surface area contributed by atoms with E-state index in [1.165, 1.54) is 0 Å². The van der Waals surface area contributed by atoms with E-state index < -0.39 is 18.0 Å². The number of carbonyl (C=O) groups excluding carboxylic acids is 1. The van der Waals surface area contributed by atoms with Gasteiger partial charge in [0.25, 0.3) is 6.43 Å². The van der Waals surface area contributed by atoms with Gasteiger partial charge >= 0.3 is 5.97 Å². The maximum Gasteiger partial charge on any atom is 0.311 e. The Morgan fingerprint density at radius 2 is 2.32 bits per heavy atom. The molecule has 0 aliphatic heterocycles. The van der Waals surface area contributed by atoms with Gasteiger partial charge < -0.3 is 4.74 Å². The predicted molar refractivity (Wildman–Crippen MR) is 66.9 cm³/mol. The molecule has 0 amide bonds. The fourth-order valence-electron chi connectivity index (χ4n) is 1.55. The number of rotatable bonds is 5. The van der Waals surface area contributed by atoms with E-state index in [1.54, 1.807) is 13.0 Å². The summed E-state index contributed by atoms with van der Waals surface area (Å²) in [6.45, 7) is 1.89. The first-order valence-electron chi connectivity index (χ1n) is 5.45. The largest absolute Gasteiger partial charge is 0.466 e. The van der Waals surface area contributed by atoms with Crippen molar-refractivity contribution < 1.29 is 18.3 Å². The number of nitriles is 1. The SMILES string of the molecule is CCOC(=O)Cc1ncc(C(F)F)c(C#N)c1CBr. The number of pyridine rings is 1. The van der Waals surface area contributed by atoms with Gasteiger partial charge in [0, 0.05) is 17.1 Å². The highest BCUT2D eigenvalue weighted by Crippen LogP contribution is 2.27. The van der Waals surface area contributed by atoms with E-state index >= 15 is 0 Å². The van der Waals surface area contributed by atoms with E-state index in [9.17, 15) is 13.6 Å². The maximum atomic E-state index is 12.7. The molecule has 1 heterocycles. The summed E-state index contributed by atoms with van der Waals surface area (Å²) in [5.41, 5.74) is 0.00959. The molecule has 0 spiro atoms. The standard InChI is InChI=1S/C12H11BrF2N2O2/c1-2-19-11(18)3-10-7(4-13)8(5-16)9(6-17-10)12(14)15/h6,12H,2-4H2,1H3. The highest BCUT2D eigenvalue weighted by molar-refractivity contribution is 9.08. The maximum absolute atomic E-state index is 12.7. The molecule has 1 rings (SSSR count). The van der Waals surface area contributed by atoms with Crippen molar-refractivity contribution >= 4 is 21.9 Å². The predicted octanol–water partition coefficient (Wildman–Crippen LogP) is 2.89. The highest BCUT2D eigenvalue weighted by Gasteiger charge is 2.21. The van der Waals surface area contributed by atoms with Crippen molar-refractivity contribution in [1.29, 1.82) is 5.26 Å². The van der Waals surface area contributed by atoms with Crippen LogP contribution in [0.2, 0.25) is 0 Å². The second-order valence-corrected chi connectivity index (χ2v) is 4.10. The number of esters is 1. The van der Waals surface area contributed by atoms with Crippen molar-refractivity contribution in [2.24, 2.45) is 0 Å². The van der Waals surface area contributed by atoms with Gasteiger partial charge in [-0.2, -0.15) is 5.26 Å². The minimum Gasteiger partial charge on any atom is -0.466 e. The molecule has 0 N–H and O–H groups in total. The molecule has 0 radical (unpaired) electrons. The molecule has 1 aromatic heterocycles. The number of carbonyl (C=O) groups is 1. The van der Waals surface area contributed by atoms with Crippen LogP contribution in [0.15, 0.2) is 6.20 Å². The normalized spacial score (nSPS) is 10.3. The first-order chi connectivity index (χ1) is 9.04. The lowest BCUT2D eigenvalue weighted by atomic mass is 10.0. The molecule has 0 unspecified atom stereocenters. The van der Waals surface area contributed by atoms with E-state index in [1.807, 2.05) is 0 Å². The van der Waals surface area contributed by atoms with Crippen LogP contribution >= 0.6 is 15.9 Å². The summed E-state index contributed by atoms with van der Waals surface area (Å²) < 4.78 is 30.3. The van der Waals surface area contributed by atoms with Crippen LogP contribution in [0.4, 0.5) is 8.78 Å². The number of hydrogen-bond acceptors (Lipinski definition) is 4. The molecule has 0 atom stereocenters. The van der Waals surface area contributed by atoms with Gasteiger partial charge in [-0.05, 0) is 6.92 Å². The molecule has 0 bridgehead atoms. The number of aromatic nitrogens is 1. The Balaban J connectivity index is 3.21. The molecule has 0 aliphatic rings. The zero-order valence-electron chi connectivity index (χ0n) is 10.1. The number of ether oxygens (including phenoxy) is 1. The molecule has 0 aliphatic carbocycles. The van der Waals surface area contributed by atoms with Crippen molar-refractivity contribution in [3.05, 3.63) is 28.6 Å². The molecule has 0 saturated heterocycles. The Labute approximate surface area is 117 Å². The summed E-state index contributed by atoms with van der Waals surface area (Å²) in [5, 5.41) is 9.16. The van der Waals surface area contributed by atoms with Crippen LogP contribution in [0.3, 0.4) is 0 Å². The summed E-state index contributed by atoms with van der Waals surface area (Å²) in [6.07, 6.45) is -1.99. The summed E-state index contributed by atoms with van der Waals surface area (Å²) in [6, 6.07) is 1.74. The summed E-state index contributed by atoms with van der Waals surface area (Å²) in [7, 11) is 0. The smallest absolute Gasteiger partial charge is 0.311 e. The quantitative estimate of drug-likeness (QED) is 0.614. The van der Waals surface area contributed by atoms with E-state index in [-0.39, 0.29) is 29.6 Å². The van der Waals surface area contributed by atoms with E-state index in [4.69, 9.17) is 10.00 Å². The van der Waals surface area contributed by atoms with Crippen molar-refractivity contribution in [3.63, 3.8) is 0 Å². The Hall–Kier alpha value is -1.55. The van der Waals surface area contributed by atoms with Crippen LogP contribution in [0.5, 0.6) is 0 Å². The Bertz CT molecular complexity index is 515. The third-order valence-corrected chi connectivity index (χ3v) is 2.96. The van der Waals surface area contributed by atoms with Gasteiger partial charge in [0.1, 0.15) is 6.07 Å². The molecule has 1 aromatic rings. The molecule has 0 saturated carbocycles.